The fourth-order valence-electron chi connectivity index (χ4n) is 3.14. The van der Waals surface area contributed by atoms with Crippen LogP contribution in [0.1, 0.15) is 31.7 Å². The van der Waals surface area contributed by atoms with Gasteiger partial charge in [0.15, 0.2) is 0 Å². The Kier molecular flexibility index (Phi) is 5.68. The van der Waals surface area contributed by atoms with Crippen molar-refractivity contribution in [1.82, 2.24) is 10.2 Å². The minimum absolute atomic E-state index is 0.597. The van der Waals surface area contributed by atoms with Crippen molar-refractivity contribution in [1.29, 1.82) is 0 Å². The smallest absolute Gasteiger partial charge is 0.0406 e. The molecule has 2 nitrogen and oxygen atoms in total. The van der Waals surface area contributed by atoms with Crippen molar-refractivity contribution in [3.63, 3.8) is 0 Å². The van der Waals surface area contributed by atoms with E-state index in [0.717, 1.165) is 18.0 Å². The van der Waals surface area contributed by atoms with E-state index < -0.39 is 0 Å². The van der Waals surface area contributed by atoms with Gasteiger partial charge in [0.1, 0.15) is 0 Å². The number of likely N-dealkylation sites (tertiary alicyclic amines) is 1. The molecule has 1 fully saturated rings. The van der Waals surface area contributed by atoms with Crippen LogP contribution in [0.3, 0.4) is 0 Å². The Morgan fingerprint density at radius 1 is 1.32 bits per heavy atom. The van der Waals surface area contributed by atoms with Gasteiger partial charge in [-0.2, -0.15) is 0 Å². The first-order valence-electron chi connectivity index (χ1n) is 7.35. The zero-order valence-corrected chi connectivity index (χ0v) is 12.8. The van der Waals surface area contributed by atoms with Crippen LogP contribution in [0.15, 0.2) is 24.3 Å². The number of benzene rings is 1. The molecule has 1 saturated heterocycles. The topological polar surface area (TPSA) is 15.3 Å². The van der Waals surface area contributed by atoms with Crippen LogP contribution in [-0.4, -0.2) is 37.1 Å². The van der Waals surface area contributed by atoms with Gasteiger partial charge in [0.2, 0.25) is 0 Å². The van der Waals surface area contributed by atoms with Gasteiger partial charge in [-0.1, -0.05) is 30.2 Å². The van der Waals surface area contributed by atoms with Gasteiger partial charge in [-0.3, -0.25) is 4.90 Å². The summed E-state index contributed by atoms with van der Waals surface area (Å²) in [6, 6.07) is 9.57. The van der Waals surface area contributed by atoms with Gasteiger partial charge in [0.05, 0.1) is 0 Å². The third-order valence-corrected chi connectivity index (χ3v) is 4.37. The maximum absolute atomic E-state index is 5.94. The Morgan fingerprint density at radius 2 is 2.05 bits per heavy atom. The fourth-order valence-corrected chi connectivity index (χ4v) is 3.26. The quantitative estimate of drug-likeness (QED) is 0.890. The summed E-state index contributed by atoms with van der Waals surface area (Å²) in [7, 11) is 2.05. The van der Waals surface area contributed by atoms with Crippen LogP contribution in [0.2, 0.25) is 5.02 Å². The zero-order valence-electron chi connectivity index (χ0n) is 12.0. The third-order valence-electron chi connectivity index (χ3n) is 4.12. The van der Waals surface area contributed by atoms with Gasteiger partial charge in [-0.15, -0.1) is 0 Å². The van der Waals surface area contributed by atoms with E-state index in [1.165, 1.54) is 31.4 Å². The molecule has 0 spiro atoms. The standard InChI is InChI=1S/C16H25ClN2/c1-13(11-14-6-8-15(17)9-7-14)19-10-4-3-5-16(19)12-18-2/h6-9,13,16,18H,3-5,10-12H2,1-2H3. The molecule has 0 bridgehead atoms. The normalized spacial score (nSPS) is 22.4. The van der Waals surface area contributed by atoms with Crippen LogP contribution in [0.25, 0.3) is 0 Å². The largest absolute Gasteiger partial charge is 0.318 e. The molecule has 0 radical (unpaired) electrons. The summed E-state index contributed by atoms with van der Waals surface area (Å²) in [5.41, 5.74) is 1.38. The lowest BCUT2D eigenvalue weighted by atomic mass is 9.97. The van der Waals surface area contributed by atoms with Crippen LogP contribution < -0.4 is 5.32 Å². The van der Waals surface area contributed by atoms with E-state index >= 15 is 0 Å². The second kappa shape index (κ2) is 7.28. The van der Waals surface area contributed by atoms with Gasteiger partial charge in [-0.25, -0.2) is 0 Å². The number of nitrogens with zero attached hydrogens (tertiary/aromatic N) is 1. The average molecular weight is 281 g/mol. The van der Waals surface area contributed by atoms with Gasteiger partial charge < -0.3 is 5.32 Å². The van der Waals surface area contributed by atoms with Gasteiger partial charge in [0.25, 0.3) is 0 Å². The SMILES string of the molecule is CNCC1CCCCN1C(C)Cc1ccc(Cl)cc1. The van der Waals surface area contributed by atoms with E-state index in [1.54, 1.807) is 0 Å². The first-order valence-corrected chi connectivity index (χ1v) is 7.73. The molecular weight excluding hydrogens is 256 g/mol. The Labute approximate surface area is 122 Å². The maximum Gasteiger partial charge on any atom is 0.0406 e. The lowest BCUT2D eigenvalue weighted by Crippen LogP contribution is -2.49. The highest BCUT2D eigenvalue weighted by atomic mass is 35.5. The van der Waals surface area contributed by atoms with Crippen LogP contribution in [0, 0.1) is 0 Å². The Hall–Kier alpha value is -0.570. The van der Waals surface area contributed by atoms with Crippen molar-refractivity contribution < 1.29 is 0 Å². The zero-order chi connectivity index (χ0) is 13.7. The van der Waals surface area contributed by atoms with Gasteiger partial charge in [0, 0.05) is 23.7 Å². The third kappa shape index (κ3) is 4.20. The van der Waals surface area contributed by atoms with Crippen molar-refractivity contribution in [3.05, 3.63) is 34.9 Å². The number of likely N-dealkylation sites (N-methyl/N-ethyl adjacent to an activating group) is 1. The molecule has 3 heteroatoms. The molecule has 2 unspecified atom stereocenters. The molecule has 2 atom stereocenters. The predicted molar refractivity (Wildman–Crippen MR) is 82.9 cm³/mol. The predicted octanol–water partition coefficient (Wildman–Crippen LogP) is 3.34. The molecule has 1 N–H and O–H groups in total. The monoisotopic (exact) mass is 280 g/mol. The molecule has 0 amide bonds. The van der Waals surface area contributed by atoms with Crippen LogP contribution in [0.5, 0.6) is 0 Å². The molecule has 0 saturated carbocycles. The molecule has 1 aromatic carbocycles. The Morgan fingerprint density at radius 3 is 2.74 bits per heavy atom. The van der Waals surface area contributed by atoms with E-state index in [9.17, 15) is 0 Å². The average Bonchev–Trinajstić information content (AvgIpc) is 2.42. The molecule has 1 aromatic rings. The van der Waals surface area contributed by atoms with E-state index in [0.29, 0.717) is 12.1 Å². The molecule has 19 heavy (non-hydrogen) atoms. The summed E-state index contributed by atoms with van der Waals surface area (Å²) in [5.74, 6) is 0. The summed E-state index contributed by atoms with van der Waals surface area (Å²) in [4.78, 5) is 2.68. The molecule has 0 aromatic heterocycles. The summed E-state index contributed by atoms with van der Waals surface area (Å²) >= 11 is 5.94. The van der Waals surface area contributed by atoms with Crippen molar-refractivity contribution in [2.45, 2.75) is 44.7 Å². The van der Waals surface area contributed by atoms with Crippen molar-refractivity contribution in [3.8, 4) is 0 Å². The molecule has 1 aliphatic rings. The highest BCUT2D eigenvalue weighted by Crippen LogP contribution is 2.21. The number of hydrogen-bond acceptors (Lipinski definition) is 2. The molecule has 1 aliphatic heterocycles. The summed E-state index contributed by atoms with van der Waals surface area (Å²) < 4.78 is 0. The van der Waals surface area contributed by atoms with E-state index in [-0.39, 0.29) is 0 Å². The summed E-state index contributed by atoms with van der Waals surface area (Å²) in [6.45, 7) is 4.69. The van der Waals surface area contributed by atoms with Crippen molar-refractivity contribution in [2.24, 2.45) is 0 Å². The minimum Gasteiger partial charge on any atom is -0.318 e. The minimum atomic E-state index is 0.597. The number of piperidine rings is 1. The molecular formula is C16H25ClN2. The van der Waals surface area contributed by atoms with Crippen LogP contribution in [-0.2, 0) is 6.42 Å². The van der Waals surface area contributed by atoms with Crippen LogP contribution in [0.4, 0.5) is 0 Å². The highest BCUT2D eigenvalue weighted by Gasteiger charge is 2.25. The number of halogens is 1. The second-order valence-corrected chi connectivity index (χ2v) is 6.06. The fraction of sp³-hybridized carbons (Fsp3) is 0.625. The van der Waals surface area contributed by atoms with Crippen molar-refractivity contribution in [2.75, 3.05) is 20.1 Å². The molecule has 0 aliphatic carbocycles. The first-order chi connectivity index (χ1) is 9.20. The summed E-state index contributed by atoms with van der Waals surface area (Å²) in [6.07, 6.45) is 5.14. The van der Waals surface area contributed by atoms with Crippen LogP contribution >= 0.6 is 11.6 Å². The number of nitrogens with one attached hydrogen (secondary N) is 1. The lowest BCUT2D eigenvalue weighted by Gasteiger charge is -2.40. The Bertz CT molecular complexity index is 375. The number of hydrogen-bond donors (Lipinski definition) is 1. The van der Waals surface area contributed by atoms with E-state index in [2.05, 4.69) is 36.3 Å². The summed E-state index contributed by atoms with van der Waals surface area (Å²) in [5, 5.41) is 4.16. The second-order valence-electron chi connectivity index (χ2n) is 5.62. The maximum atomic E-state index is 5.94. The molecule has 2 rings (SSSR count). The lowest BCUT2D eigenvalue weighted by molar-refractivity contribution is 0.103. The highest BCUT2D eigenvalue weighted by molar-refractivity contribution is 6.30. The Balaban J connectivity index is 1.96. The van der Waals surface area contributed by atoms with Gasteiger partial charge >= 0.3 is 0 Å². The molecule has 106 valence electrons. The first kappa shape index (κ1) is 14.8. The van der Waals surface area contributed by atoms with E-state index in [1.807, 2.05) is 12.1 Å². The van der Waals surface area contributed by atoms with Gasteiger partial charge in [-0.05, 0) is 57.5 Å². The van der Waals surface area contributed by atoms with Crippen molar-refractivity contribution >= 4 is 11.6 Å². The van der Waals surface area contributed by atoms with E-state index in [4.69, 9.17) is 11.6 Å². The molecule has 1 heterocycles. The number of rotatable bonds is 5.